The van der Waals surface area contributed by atoms with Crippen molar-refractivity contribution in [1.29, 1.82) is 0 Å². The summed E-state index contributed by atoms with van der Waals surface area (Å²) >= 11 is 1.35. The van der Waals surface area contributed by atoms with Gasteiger partial charge in [0.05, 0.1) is 5.69 Å². The van der Waals surface area contributed by atoms with Crippen molar-refractivity contribution in [2.24, 2.45) is 0 Å². The Morgan fingerprint density at radius 3 is 2.73 bits per heavy atom. The van der Waals surface area contributed by atoms with Crippen LogP contribution in [0.25, 0.3) is 11.3 Å². The molecule has 0 fully saturated rings. The summed E-state index contributed by atoms with van der Waals surface area (Å²) in [5.74, 6) is 1.39. The number of hydrogen-bond donors (Lipinski definition) is 0. The normalized spacial score (nSPS) is 12.4. The zero-order valence-corrected chi connectivity index (χ0v) is 12.3. The van der Waals surface area contributed by atoms with Crippen LogP contribution in [0.4, 0.5) is 0 Å². The summed E-state index contributed by atoms with van der Waals surface area (Å²) in [5.41, 5.74) is 2.32. The first-order valence-corrected chi connectivity index (χ1v) is 7.64. The van der Waals surface area contributed by atoms with Crippen LogP contribution in [0.15, 0.2) is 53.9 Å². The third-order valence-corrected chi connectivity index (χ3v) is 4.24. The highest BCUT2D eigenvalue weighted by molar-refractivity contribution is 7.12. The Morgan fingerprint density at radius 2 is 1.86 bits per heavy atom. The van der Waals surface area contributed by atoms with E-state index in [0.29, 0.717) is 16.3 Å². The molecule has 4 rings (SSSR count). The van der Waals surface area contributed by atoms with Gasteiger partial charge >= 0.3 is 0 Å². The van der Waals surface area contributed by atoms with E-state index < -0.39 is 0 Å². The average Bonchev–Trinajstić information content (AvgIpc) is 3.23. The van der Waals surface area contributed by atoms with Gasteiger partial charge in [-0.05, 0) is 18.2 Å². The molecule has 2 heterocycles. The number of ketones is 1. The summed E-state index contributed by atoms with van der Waals surface area (Å²) < 4.78 is 10.7. The highest BCUT2D eigenvalue weighted by atomic mass is 32.1. The molecule has 2 aromatic carbocycles. The second-order valence-corrected chi connectivity index (χ2v) is 5.66. The predicted octanol–water partition coefficient (Wildman–Crippen LogP) is 3.77. The minimum Gasteiger partial charge on any atom is -0.454 e. The molecule has 0 N–H and O–H groups in total. The number of hydrogen-bond acceptors (Lipinski definition) is 5. The first-order chi connectivity index (χ1) is 10.8. The maximum Gasteiger partial charge on any atom is 0.231 e. The quantitative estimate of drug-likeness (QED) is 0.691. The summed E-state index contributed by atoms with van der Waals surface area (Å²) in [6.45, 7) is 0.244. The molecule has 1 aliphatic rings. The number of thiazole rings is 1. The van der Waals surface area contributed by atoms with Crippen LogP contribution in [0.5, 0.6) is 11.5 Å². The monoisotopic (exact) mass is 309 g/mol. The Labute approximate surface area is 131 Å². The van der Waals surface area contributed by atoms with Crippen LogP contribution in [-0.2, 0) is 0 Å². The molecule has 0 saturated carbocycles. The molecule has 0 radical (unpaired) electrons. The van der Waals surface area contributed by atoms with E-state index in [9.17, 15) is 4.79 Å². The van der Waals surface area contributed by atoms with E-state index in [1.807, 2.05) is 41.8 Å². The minimum absolute atomic E-state index is 0.0578. The summed E-state index contributed by atoms with van der Waals surface area (Å²) in [7, 11) is 0. The van der Waals surface area contributed by atoms with E-state index >= 15 is 0 Å². The van der Waals surface area contributed by atoms with Crippen LogP contribution in [0.1, 0.15) is 15.4 Å². The topological polar surface area (TPSA) is 48.4 Å². The number of benzene rings is 2. The number of aromatic nitrogens is 1. The van der Waals surface area contributed by atoms with E-state index in [-0.39, 0.29) is 12.6 Å². The van der Waals surface area contributed by atoms with Gasteiger partial charge in [0.2, 0.25) is 12.6 Å². The Morgan fingerprint density at radius 1 is 1.05 bits per heavy atom. The van der Waals surface area contributed by atoms with Crippen molar-refractivity contribution in [3.8, 4) is 22.8 Å². The van der Waals surface area contributed by atoms with Crippen LogP contribution < -0.4 is 9.47 Å². The predicted molar refractivity (Wildman–Crippen MR) is 83.5 cm³/mol. The van der Waals surface area contributed by atoms with Crippen molar-refractivity contribution < 1.29 is 14.3 Å². The molecule has 1 aromatic heterocycles. The number of rotatable bonds is 3. The number of carbonyl (C=O) groups excluding carboxylic acids is 1. The van der Waals surface area contributed by atoms with Gasteiger partial charge in [-0.3, -0.25) is 4.79 Å². The van der Waals surface area contributed by atoms with Crippen molar-refractivity contribution in [1.82, 2.24) is 4.98 Å². The van der Waals surface area contributed by atoms with Crippen LogP contribution >= 0.6 is 11.3 Å². The molecule has 0 spiro atoms. The van der Waals surface area contributed by atoms with Crippen LogP contribution in [0.3, 0.4) is 0 Å². The molecule has 1 aliphatic heterocycles. The van der Waals surface area contributed by atoms with Crippen molar-refractivity contribution in [2.45, 2.75) is 0 Å². The van der Waals surface area contributed by atoms with E-state index in [1.165, 1.54) is 11.3 Å². The second-order valence-electron chi connectivity index (χ2n) is 4.80. The lowest BCUT2D eigenvalue weighted by atomic mass is 10.1. The summed E-state index contributed by atoms with van der Waals surface area (Å²) in [4.78, 5) is 16.8. The van der Waals surface area contributed by atoms with Crippen molar-refractivity contribution in [3.63, 3.8) is 0 Å². The van der Waals surface area contributed by atoms with E-state index in [4.69, 9.17) is 9.47 Å². The summed E-state index contributed by atoms with van der Waals surface area (Å²) in [6.07, 6.45) is 0. The summed E-state index contributed by atoms with van der Waals surface area (Å²) in [5, 5.41) is 2.37. The molecule has 0 bridgehead atoms. The third-order valence-electron chi connectivity index (χ3n) is 3.40. The Balaban J connectivity index is 1.66. The van der Waals surface area contributed by atoms with Gasteiger partial charge in [0, 0.05) is 16.5 Å². The number of nitrogens with zero attached hydrogens (tertiary/aromatic N) is 1. The van der Waals surface area contributed by atoms with Crippen LogP contribution in [0, 0.1) is 0 Å². The van der Waals surface area contributed by atoms with Gasteiger partial charge in [-0.2, -0.15) is 0 Å². The molecular weight excluding hydrogens is 298 g/mol. The van der Waals surface area contributed by atoms with Gasteiger partial charge in [-0.25, -0.2) is 4.98 Å². The molecule has 0 saturated heterocycles. The maximum atomic E-state index is 12.4. The Bertz CT molecular complexity index is 842. The zero-order chi connectivity index (χ0) is 14.9. The van der Waals surface area contributed by atoms with Gasteiger partial charge in [-0.15, -0.1) is 11.3 Å². The molecular formula is C17H11NO3S. The average molecular weight is 309 g/mol. The Kier molecular flexibility index (Phi) is 3.12. The first kappa shape index (κ1) is 13.0. The maximum absolute atomic E-state index is 12.4. The van der Waals surface area contributed by atoms with Gasteiger partial charge in [-0.1, -0.05) is 30.3 Å². The lowest BCUT2D eigenvalue weighted by molar-refractivity contribution is 0.103. The molecule has 108 valence electrons. The Hall–Kier alpha value is -2.66. The molecule has 22 heavy (non-hydrogen) atoms. The van der Waals surface area contributed by atoms with Gasteiger partial charge in [0.1, 0.15) is 0 Å². The van der Waals surface area contributed by atoms with Crippen LogP contribution in [-0.4, -0.2) is 17.6 Å². The second kappa shape index (κ2) is 5.27. The van der Waals surface area contributed by atoms with Crippen LogP contribution in [0.2, 0.25) is 0 Å². The lowest BCUT2D eigenvalue weighted by Gasteiger charge is -1.99. The molecule has 3 aromatic rings. The highest BCUT2D eigenvalue weighted by Gasteiger charge is 2.17. The SMILES string of the molecule is O=C(c1ccccc1)c1nc(-c2ccc3c(c2)OCO3)cs1. The van der Waals surface area contributed by atoms with Gasteiger partial charge < -0.3 is 9.47 Å². The molecule has 0 aliphatic carbocycles. The van der Waals surface area contributed by atoms with E-state index in [0.717, 1.165) is 17.0 Å². The van der Waals surface area contributed by atoms with E-state index in [1.54, 1.807) is 12.1 Å². The fourth-order valence-corrected chi connectivity index (χ4v) is 3.07. The summed E-state index contributed by atoms with van der Waals surface area (Å²) in [6, 6.07) is 14.8. The molecule has 5 heteroatoms. The van der Waals surface area contributed by atoms with E-state index in [2.05, 4.69) is 4.98 Å². The third kappa shape index (κ3) is 2.25. The molecule has 0 amide bonds. The largest absolute Gasteiger partial charge is 0.454 e. The van der Waals surface area contributed by atoms with Gasteiger partial charge in [0.25, 0.3) is 0 Å². The molecule has 4 nitrogen and oxygen atoms in total. The zero-order valence-electron chi connectivity index (χ0n) is 11.5. The number of ether oxygens (including phenoxy) is 2. The molecule has 0 atom stereocenters. The smallest absolute Gasteiger partial charge is 0.231 e. The standard InChI is InChI=1S/C17H11NO3S/c19-16(11-4-2-1-3-5-11)17-18-13(9-22-17)12-6-7-14-15(8-12)21-10-20-14/h1-9H,10H2. The highest BCUT2D eigenvalue weighted by Crippen LogP contribution is 2.36. The number of fused-ring (bicyclic) bond motifs is 1. The van der Waals surface area contributed by atoms with Gasteiger partial charge in [0.15, 0.2) is 16.5 Å². The molecule has 0 unspecified atom stereocenters. The fraction of sp³-hybridized carbons (Fsp3) is 0.0588. The first-order valence-electron chi connectivity index (χ1n) is 6.76. The minimum atomic E-state index is -0.0578. The van der Waals surface area contributed by atoms with Crippen molar-refractivity contribution in [2.75, 3.05) is 6.79 Å². The number of carbonyl (C=O) groups is 1. The van der Waals surface area contributed by atoms with Crippen molar-refractivity contribution >= 4 is 17.1 Å². The fourth-order valence-electron chi connectivity index (χ4n) is 2.28. The lowest BCUT2D eigenvalue weighted by Crippen LogP contribution is -2.00. The van der Waals surface area contributed by atoms with Crippen molar-refractivity contribution in [3.05, 3.63) is 64.5 Å².